The fraction of sp³-hybridized carbons (Fsp3) is 0.318. The lowest BCUT2D eigenvalue weighted by Gasteiger charge is -2.22. The molecular formula is C22H23FN4O. The standard InChI is InChI=1S/C22H23FN4O/c1-2-17-12-21(28)27-22(25-17)15-8-11-20(24-13-15)26-19-5-3-4-18(19)14-6-9-16(23)10-7-14/h6-13,18-19H,2-5H2,1H3,(H,24,26)(H,25,27,28). The minimum absolute atomic E-state index is 0.155. The van der Waals surface area contributed by atoms with Crippen LogP contribution >= 0.6 is 0 Å². The third-order valence-corrected chi connectivity index (χ3v) is 5.34. The van der Waals surface area contributed by atoms with Crippen molar-refractivity contribution in [2.75, 3.05) is 5.32 Å². The zero-order valence-corrected chi connectivity index (χ0v) is 15.8. The summed E-state index contributed by atoms with van der Waals surface area (Å²) < 4.78 is 13.2. The van der Waals surface area contributed by atoms with Gasteiger partial charge in [-0.2, -0.15) is 0 Å². The number of aromatic nitrogens is 3. The van der Waals surface area contributed by atoms with Crippen LogP contribution < -0.4 is 10.9 Å². The molecule has 1 aliphatic rings. The Bertz CT molecular complexity index is 998. The van der Waals surface area contributed by atoms with Crippen molar-refractivity contribution >= 4 is 5.82 Å². The lowest BCUT2D eigenvalue weighted by atomic mass is 9.94. The summed E-state index contributed by atoms with van der Waals surface area (Å²) in [6.07, 6.45) is 5.69. The Kier molecular flexibility index (Phi) is 5.19. The Labute approximate surface area is 163 Å². The molecule has 0 bridgehead atoms. The van der Waals surface area contributed by atoms with Crippen molar-refractivity contribution in [2.24, 2.45) is 0 Å². The van der Waals surface area contributed by atoms with Crippen LogP contribution in [0.3, 0.4) is 0 Å². The van der Waals surface area contributed by atoms with Gasteiger partial charge in [-0.15, -0.1) is 0 Å². The number of aromatic amines is 1. The first-order chi connectivity index (χ1) is 13.6. The highest BCUT2D eigenvalue weighted by molar-refractivity contribution is 5.56. The molecule has 2 heterocycles. The number of aryl methyl sites for hydroxylation is 1. The Morgan fingerprint density at radius 2 is 2.00 bits per heavy atom. The van der Waals surface area contributed by atoms with Gasteiger partial charge in [-0.05, 0) is 49.1 Å². The molecule has 4 rings (SSSR count). The summed E-state index contributed by atoms with van der Waals surface area (Å²) in [6.45, 7) is 1.97. The van der Waals surface area contributed by atoms with E-state index in [1.165, 1.54) is 18.2 Å². The van der Waals surface area contributed by atoms with Crippen molar-refractivity contribution in [1.82, 2.24) is 15.0 Å². The Hall–Kier alpha value is -3.02. The fourth-order valence-electron chi connectivity index (χ4n) is 3.88. The van der Waals surface area contributed by atoms with Crippen LogP contribution in [0.4, 0.5) is 10.2 Å². The summed E-state index contributed by atoms with van der Waals surface area (Å²) in [6, 6.07) is 12.4. The Balaban J connectivity index is 1.50. The minimum Gasteiger partial charge on any atom is -0.367 e. The molecule has 1 saturated carbocycles. The number of nitrogens with one attached hydrogen (secondary N) is 2. The fourth-order valence-corrected chi connectivity index (χ4v) is 3.88. The third-order valence-electron chi connectivity index (χ3n) is 5.34. The maximum atomic E-state index is 13.2. The van der Waals surface area contributed by atoms with Gasteiger partial charge in [0.05, 0.1) is 0 Å². The molecule has 144 valence electrons. The van der Waals surface area contributed by atoms with Gasteiger partial charge < -0.3 is 10.3 Å². The SMILES string of the molecule is CCc1cc(=O)[nH]c(-c2ccc(NC3CCCC3c3ccc(F)cc3)nc2)n1. The van der Waals surface area contributed by atoms with Crippen LogP contribution in [0.2, 0.25) is 0 Å². The molecule has 2 atom stereocenters. The predicted octanol–water partition coefficient (Wildman–Crippen LogP) is 4.28. The smallest absolute Gasteiger partial charge is 0.251 e. The van der Waals surface area contributed by atoms with Crippen LogP contribution in [0.1, 0.15) is 43.4 Å². The average Bonchev–Trinajstić information content (AvgIpc) is 3.16. The molecule has 2 N–H and O–H groups in total. The zero-order chi connectivity index (χ0) is 19.5. The van der Waals surface area contributed by atoms with Gasteiger partial charge in [-0.25, -0.2) is 14.4 Å². The first kappa shape index (κ1) is 18.3. The van der Waals surface area contributed by atoms with Crippen molar-refractivity contribution in [3.63, 3.8) is 0 Å². The highest BCUT2D eigenvalue weighted by Crippen LogP contribution is 2.36. The number of anilines is 1. The molecular weight excluding hydrogens is 355 g/mol. The number of hydrogen-bond donors (Lipinski definition) is 2. The van der Waals surface area contributed by atoms with Gasteiger partial charge in [-0.1, -0.05) is 25.5 Å². The van der Waals surface area contributed by atoms with Crippen LogP contribution in [-0.2, 0) is 6.42 Å². The van der Waals surface area contributed by atoms with Gasteiger partial charge >= 0.3 is 0 Å². The molecule has 5 nitrogen and oxygen atoms in total. The van der Waals surface area contributed by atoms with Crippen LogP contribution in [-0.4, -0.2) is 21.0 Å². The van der Waals surface area contributed by atoms with Crippen molar-refractivity contribution < 1.29 is 4.39 Å². The van der Waals surface area contributed by atoms with Gasteiger partial charge in [0.2, 0.25) is 0 Å². The van der Waals surface area contributed by atoms with Crippen LogP contribution in [0.25, 0.3) is 11.4 Å². The van der Waals surface area contributed by atoms with Gasteiger partial charge in [0.15, 0.2) is 0 Å². The van der Waals surface area contributed by atoms with E-state index in [2.05, 4.69) is 20.3 Å². The molecule has 2 unspecified atom stereocenters. The van der Waals surface area contributed by atoms with E-state index in [0.717, 1.165) is 41.9 Å². The lowest BCUT2D eigenvalue weighted by molar-refractivity contribution is 0.618. The number of benzene rings is 1. The lowest BCUT2D eigenvalue weighted by Crippen LogP contribution is -2.23. The maximum Gasteiger partial charge on any atom is 0.251 e. The molecule has 6 heteroatoms. The number of H-pyrrole nitrogens is 1. The number of nitrogens with zero attached hydrogens (tertiary/aromatic N) is 2. The molecule has 1 aliphatic carbocycles. The monoisotopic (exact) mass is 378 g/mol. The van der Waals surface area contributed by atoms with Crippen molar-refractivity contribution in [2.45, 2.75) is 44.6 Å². The number of hydrogen-bond acceptors (Lipinski definition) is 4. The molecule has 2 aromatic heterocycles. The second-order valence-corrected chi connectivity index (χ2v) is 7.21. The quantitative estimate of drug-likeness (QED) is 0.695. The van der Waals surface area contributed by atoms with Crippen LogP contribution in [0.5, 0.6) is 0 Å². The third kappa shape index (κ3) is 3.96. The first-order valence-corrected chi connectivity index (χ1v) is 9.71. The van der Waals surface area contributed by atoms with Crippen LogP contribution in [0.15, 0.2) is 53.5 Å². The highest BCUT2D eigenvalue weighted by atomic mass is 19.1. The normalized spacial score (nSPS) is 18.9. The number of rotatable bonds is 5. The van der Waals surface area contributed by atoms with E-state index in [4.69, 9.17) is 0 Å². The molecule has 0 aliphatic heterocycles. The molecule has 0 amide bonds. The Morgan fingerprint density at radius 3 is 2.71 bits per heavy atom. The topological polar surface area (TPSA) is 70.7 Å². The van der Waals surface area contributed by atoms with Gasteiger partial charge in [0, 0.05) is 35.5 Å². The van der Waals surface area contributed by atoms with E-state index in [1.54, 1.807) is 6.20 Å². The first-order valence-electron chi connectivity index (χ1n) is 9.71. The number of pyridine rings is 1. The van der Waals surface area contributed by atoms with E-state index in [0.29, 0.717) is 18.2 Å². The Morgan fingerprint density at radius 1 is 1.18 bits per heavy atom. The summed E-state index contributed by atoms with van der Waals surface area (Å²) in [5.74, 6) is 1.47. The molecule has 3 aromatic rings. The minimum atomic E-state index is -0.206. The van der Waals surface area contributed by atoms with Crippen molar-refractivity contribution in [3.8, 4) is 11.4 Å². The summed E-state index contributed by atoms with van der Waals surface area (Å²) in [5, 5.41) is 3.52. The summed E-state index contributed by atoms with van der Waals surface area (Å²) in [5.41, 5.74) is 2.54. The maximum absolute atomic E-state index is 13.2. The molecule has 1 fully saturated rings. The largest absolute Gasteiger partial charge is 0.367 e. The van der Waals surface area contributed by atoms with Gasteiger partial charge in [-0.3, -0.25) is 4.79 Å². The average molecular weight is 378 g/mol. The molecule has 0 spiro atoms. The second kappa shape index (κ2) is 7.92. The molecule has 1 aromatic carbocycles. The zero-order valence-electron chi connectivity index (χ0n) is 15.8. The summed E-state index contributed by atoms with van der Waals surface area (Å²) in [4.78, 5) is 23.5. The van der Waals surface area contributed by atoms with E-state index in [9.17, 15) is 9.18 Å². The van der Waals surface area contributed by atoms with E-state index < -0.39 is 0 Å². The molecule has 0 radical (unpaired) electrons. The van der Waals surface area contributed by atoms with Gasteiger partial charge in [0.25, 0.3) is 5.56 Å². The van der Waals surface area contributed by atoms with Crippen molar-refractivity contribution in [3.05, 3.63) is 76.1 Å². The molecule has 0 saturated heterocycles. The highest BCUT2D eigenvalue weighted by Gasteiger charge is 2.28. The van der Waals surface area contributed by atoms with Crippen molar-refractivity contribution in [1.29, 1.82) is 0 Å². The van der Waals surface area contributed by atoms with E-state index in [1.807, 2.05) is 31.2 Å². The molecule has 28 heavy (non-hydrogen) atoms. The predicted molar refractivity (Wildman–Crippen MR) is 108 cm³/mol. The van der Waals surface area contributed by atoms with Gasteiger partial charge in [0.1, 0.15) is 17.5 Å². The summed E-state index contributed by atoms with van der Waals surface area (Å²) in [7, 11) is 0. The van der Waals surface area contributed by atoms with Crippen LogP contribution in [0, 0.1) is 5.82 Å². The summed E-state index contributed by atoms with van der Waals surface area (Å²) >= 11 is 0. The van der Waals surface area contributed by atoms with E-state index in [-0.39, 0.29) is 17.4 Å². The second-order valence-electron chi connectivity index (χ2n) is 7.21. The number of halogens is 1. The van der Waals surface area contributed by atoms with E-state index >= 15 is 0 Å².